The summed E-state index contributed by atoms with van der Waals surface area (Å²) in [5.74, 6) is 0.490. The summed E-state index contributed by atoms with van der Waals surface area (Å²) in [6.45, 7) is 5.96. The predicted molar refractivity (Wildman–Crippen MR) is 121 cm³/mol. The third-order valence-corrected chi connectivity index (χ3v) is 7.43. The van der Waals surface area contributed by atoms with Crippen LogP contribution in [0.25, 0.3) is 0 Å². The summed E-state index contributed by atoms with van der Waals surface area (Å²) >= 11 is 0. The van der Waals surface area contributed by atoms with Gasteiger partial charge in [-0.2, -0.15) is 0 Å². The Hall–Kier alpha value is -2.08. The fourth-order valence-electron chi connectivity index (χ4n) is 5.38. The zero-order valence-corrected chi connectivity index (χ0v) is 18.9. The lowest BCUT2D eigenvalue weighted by molar-refractivity contribution is -0.142. The highest BCUT2D eigenvalue weighted by Crippen LogP contribution is 2.39. The van der Waals surface area contributed by atoms with Crippen molar-refractivity contribution in [1.82, 2.24) is 10.2 Å². The fraction of sp³-hybridized carbons (Fsp3) is 0.680. The Morgan fingerprint density at radius 3 is 2.58 bits per heavy atom. The molecule has 1 heterocycles. The van der Waals surface area contributed by atoms with Crippen molar-refractivity contribution in [3.05, 3.63) is 29.8 Å². The summed E-state index contributed by atoms with van der Waals surface area (Å²) in [6, 6.07) is 6.74. The molecule has 31 heavy (non-hydrogen) atoms. The van der Waals surface area contributed by atoms with Gasteiger partial charge in [-0.3, -0.25) is 9.69 Å². The molecule has 6 nitrogen and oxygen atoms in total. The van der Waals surface area contributed by atoms with E-state index < -0.39 is 12.0 Å². The number of carbonyl (C=O) groups is 2. The van der Waals surface area contributed by atoms with E-state index in [0.29, 0.717) is 30.7 Å². The minimum atomic E-state index is -0.933. The smallest absolute Gasteiger partial charge is 0.326 e. The first-order valence-corrected chi connectivity index (χ1v) is 11.9. The van der Waals surface area contributed by atoms with E-state index in [9.17, 15) is 19.8 Å². The Morgan fingerprint density at radius 2 is 1.90 bits per heavy atom. The molecule has 0 radical (unpaired) electrons. The minimum Gasteiger partial charge on any atom is -0.508 e. The van der Waals surface area contributed by atoms with Crippen LogP contribution >= 0.6 is 0 Å². The zero-order chi connectivity index (χ0) is 22.4. The molecule has 0 bridgehead atoms. The summed E-state index contributed by atoms with van der Waals surface area (Å²) in [4.78, 5) is 26.7. The summed E-state index contributed by atoms with van der Waals surface area (Å²) in [6.07, 6.45) is 7.56. The second kappa shape index (κ2) is 11.0. The number of benzene rings is 1. The minimum absolute atomic E-state index is 0.140. The van der Waals surface area contributed by atoms with Crippen molar-refractivity contribution < 1.29 is 19.8 Å². The van der Waals surface area contributed by atoms with Gasteiger partial charge in [-0.15, -0.1) is 0 Å². The quantitative estimate of drug-likeness (QED) is 0.571. The van der Waals surface area contributed by atoms with Crippen LogP contribution < -0.4 is 5.32 Å². The molecule has 1 aliphatic carbocycles. The van der Waals surface area contributed by atoms with E-state index in [2.05, 4.69) is 24.1 Å². The van der Waals surface area contributed by atoms with E-state index in [1.807, 2.05) is 18.2 Å². The number of aromatic hydroxyl groups is 1. The summed E-state index contributed by atoms with van der Waals surface area (Å²) in [5.41, 5.74) is 1.07. The number of hydrogen-bond donors (Lipinski definition) is 3. The topological polar surface area (TPSA) is 89.9 Å². The number of nitrogens with zero attached hydrogens (tertiary/aromatic N) is 1. The first kappa shape index (κ1) is 23.6. The highest BCUT2D eigenvalue weighted by atomic mass is 16.4. The van der Waals surface area contributed by atoms with Gasteiger partial charge in [0.25, 0.3) is 0 Å². The molecule has 1 aromatic carbocycles. The molecule has 0 aromatic heterocycles. The van der Waals surface area contributed by atoms with E-state index in [1.54, 1.807) is 6.07 Å². The average Bonchev–Trinajstić information content (AvgIpc) is 2.74. The van der Waals surface area contributed by atoms with Gasteiger partial charge in [0.15, 0.2) is 0 Å². The number of amides is 1. The Balaban J connectivity index is 1.59. The zero-order valence-electron chi connectivity index (χ0n) is 18.9. The molecule has 3 rings (SSSR count). The first-order valence-electron chi connectivity index (χ1n) is 11.9. The lowest BCUT2D eigenvalue weighted by Crippen LogP contribution is -2.45. The Labute approximate surface area is 186 Å². The van der Waals surface area contributed by atoms with Crippen molar-refractivity contribution in [3.8, 4) is 5.75 Å². The normalized spacial score (nSPS) is 26.3. The van der Waals surface area contributed by atoms with E-state index in [-0.39, 0.29) is 24.1 Å². The summed E-state index contributed by atoms with van der Waals surface area (Å²) < 4.78 is 0. The van der Waals surface area contributed by atoms with Gasteiger partial charge < -0.3 is 15.5 Å². The molecular formula is C25H38N2O4. The van der Waals surface area contributed by atoms with Gasteiger partial charge in [0.1, 0.15) is 11.8 Å². The van der Waals surface area contributed by atoms with Crippen molar-refractivity contribution in [2.45, 2.75) is 77.3 Å². The van der Waals surface area contributed by atoms with Crippen LogP contribution in [0.1, 0.15) is 76.8 Å². The van der Waals surface area contributed by atoms with Gasteiger partial charge in [0.2, 0.25) is 5.91 Å². The number of carboxylic acid groups (broad SMARTS) is 1. The highest BCUT2D eigenvalue weighted by molar-refractivity contribution is 5.83. The number of carbonyl (C=O) groups excluding carboxylic acids is 1. The summed E-state index contributed by atoms with van der Waals surface area (Å²) in [7, 11) is 0. The maximum atomic E-state index is 12.6. The van der Waals surface area contributed by atoms with Crippen LogP contribution in [-0.4, -0.2) is 46.1 Å². The number of piperidine rings is 1. The summed E-state index contributed by atoms with van der Waals surface area (Å²) in [5, 5.41) is 22.3. The average molecular weight is 431 g/mol. The van der Waals surface area contributed by atoms with Crippen LogP contribution in [0.4, 0.5) is 0 Å². The number of phenols is 1. The number of likely N-dealkylation sites (tertiary alicyclic amines) is 1. The molecule has 4 atom stereocenters. The molecule has 1 aliphatic heterocycles. The van der Waals surface area contributed by atoms with E-state index in [1.165, 1.54) is 6.42 Å². The van der Waals surface area contributed by atoms with Gasteiger partial charge in [-0.1, -0.05) is 58.1 Å². The highest BCUT2D eigenvalue weighted by Gasteiger charge is 2.34. The van der Waals surface area contributed by atoms with Gasteiger partial charge in [-0.05, 0) is 54.8 Å². The molecule has 2 fully saturated rings. The number of phenolic OH excluding ortho intramolecular Hbond substituents is 1. The second-order valence-electron chi connectivity index (χ2n) is 9.65. The predicted octanol–water partition coefficient (Wildman–Crippen LogP) is 4.34. The van der Waals surface area contributed by atoms with Crippen molar-refractivity contribution in [2.75, 3.05) is 13.1 Å². The van der Waals surface area contributed by atoms with E-state index in [0.717, 1.165) is 44.2 Å². The van der Waals surface area contributed by atoms with Crippen molar-refractivity contribution in [1.29, 1.82) is 0 Å². The maximum absolute atomic E-state index is 12.6. The maximum Gasteiger partial charge on any atom is 0.326 e. The molecule has 1 unspecified atom stereocenters. The third kappa shape index (κ3) is 6.45. The monoisotopic (exact) mass is 430 g/mol. The number of aliphatic carboxylic acids is 1. The lowest BCUT2D eigenvalue weighted by atomic mass is 9.79. The number of carboxylic acids is 1. The Kier molecular flexibility index (Phi) is 8.35. The van der Waals surface area contributed by atoms with E-state index >= 15 is 0 Å². The molecular weight excluding hydrogens is 392 g/mol. The van der Waals surface area contributed by atoms with Crippen molar-refractivity contribution in [2.24, 2.45) is 17.8 Å². The van der Waals surface area contributed by atoms with Crippen LogP contribution in [0, 0.1) is 17.8 Å². The SMILES string of the molecule is C[C@@H]1CCN(CCC(=O)N[C@@H](CC2CCCCC2)C(=O)O)C(c2cccc(O)c2)[C@@H]1C. The molecule has 3 N–H and O–H groups in total. The van der Waals surface area contributed by atoms with Gasteiger partial charge in [0, 0.05) is 19.0 Å². The molecule has 1 aromatic rings. The molecule has 2 aliphatic rings. The molecule has 1 saturated carbocycles. The molecule has 1 saturated heterocycles. The fourth-order valence-corrected chi connectivity index (χ4v) is 5.38. The van der Waals surface area contributed by atoms with Crippen LogP contribution in [0.2, 0.25) is 0 Å². The molecule has 1 amide bonds. The molecule has 172 valence electrons. The lowest BCUT2D eigenvalue weighted by Gasteiger charge is -2.43. The van der Waals surface area contributed by atoms with Gasteiger partial charge in [-0.25, -0.2) is 4.79 Å². The van der Waals surface area contributed by atoms with E-state index in [4.69, 9.17) is 0 Å². The van der Waals surface area contributed by atoms with Crippen molar-refractivity contribution in [3.63, 3.8) is 0 Å². The van der Waals surface area contributed by atoms with Crippen LogP contribution in [0.5, 0.6) is 5.75 Å². The largest absolute Gasteiger partial charge is 0.508 e. The number of hydrogen-bond acceptors (Lipinski definition) is 4. The molecule has 6 heteroatoms. The standard InChI is InChI=1S/C25H38N2O4/c1-17-11-13-27(24(18(17)2)20-9-6-10-21(28)16-20)14-12-23(29)26-22(25(30)31)15-19-7-4-3-5-8-19/h6,9-10,16-19,22,24,28H,3-5,7-8,11-15H2,1-2H3,(H,26,29)(H,30,31)/t17-,18-,22+,24?/m1/s1. The Morgan fingerprint density at radius 1 is 1.16 bits per heavy atom. The van der Waals surface area contributed by atoms with Crippen molar-refractivity contribution >= 4 is 11.9 Å². The first-order chi connectivity index (χ1) is 14.8. The van der Waals surface area contributed by atoms with Crippen LogP contribution in [-0.2, 0) is 9.59 Å². The number of rotatable bonds is 8. The third-order valence-electron chi connectivity index (χ3n) is 7.43. The van der Waals surface area contributed by atoms with Crippen LogP contribution in [0.15, 0.2) is 24.3 Å². The second-order valence-corrected chi connectivity index (χ2v) is 9.65. The van der Waals surface area contributed by atoms with Gasteiger partial charge in [0.05, 0.1) is 0 Å². The Bertz CT molecular complexity index is 747. The van der Waals surface area contributed by atoms with Crippen LogP contribution in [0.3, 0.4) is 0 Å². The van der Waals surface area contributed by atoms with Gasteiger partial charge >= 0.3 is 5.97 Å². The number of nitrogens with one attached hydrogen (secondary N) is 1. The molecule has 0 spiro atoms.